The second-order valence-corrected chi connectivity index (χ2v) is 5.48. The number of hydrogen-bond acceptors (Lipinski definition) is 1. The molecule has 1 aromatic heterocycles. The maximum absolute atomic E-state index is 4.77. The van der Waals surface area contributed by atoms with Crippen LogP contribution < -0.4 is 0 Å². The number of fused-ring (bicyclic) bond motifs is 1. The summed E-state index contributed by atoms with van der Waals surface area (Å²) >= 11 is 0. The molecule has 1 unspecified atom stereocenters. The summed E-state index contributed by atoms with van der Waals surface area (Å²) in [4.78, 5) is 4.77. The minimum atomic E-state index is 0.518. The second-order valence-electron chi connectivity index (χ2n) is 5.48. The number of nitrogens with zero attached hydrogens (tertiary/aromatic N) is 2. The first-order valence-corrected chi connectivity index (χ1v) is 5.73. The Morgan fingerprint density at radius 3 is 2.86 bits per heavy atom. The van der Waals surface area contributed by atoms with Crippen LogP contribution in [0.2, 0.25) is 0 Å². The summed E-state index contributed by atoms with van der Waals surface area (Å²) in [6.45, 7) is 5.88. The van der Waals surface area contributed by atoms with Crippen molar-refractivity contribution in [3.8, 4) is 0 Å². The second kappa shape index (κ2) is 2.62. The molecule has 1 saturated carbocycles. The van der Waals surface area contributed by atoms with Crippen LogP contribution in [-0.4, -0.2) is 9.55 Å². The maximum Gasteiger partial charge on any atom is 0.108 e. The van der Waals surface area contributed by atoms with Crippen LogP contribution in [0.5, 0.6) is 0 Å². The summed E-state index contributed by atoms with van der Waals surface area (Å²) in [5.41, 5.74) is 1.87. The van der Waals surface area contributed by atoms with Gasteiger partial charge in [0.05, 0.1) is 5.69 Å². The monoisotopic (exact) mass is 190 g/mol. The van der Waals surface area contributed by atoms with Crippen LogP contribution in [0, 0.1) is 5.41 Å². The molecule has 0 aromatic carbocycles. The van der Waals surface area contributed by atoms with E-state index in [0.29, 0.717) is 5.41 Å². The first kappa shape index (κ1) is 8.51. The van der Waals surface area contributed by atoms with Gasteiger partial charge in [0, 0.05) is 25.1 Å². The van der Waals surface area contributed by atoms with E-state index in [2.05, 4.69) is 24.6 Å². The van der Waals surface area contributed by atoms with E-state index in [0.717, 1.165) is 5.92 Å². The van der Waals surface area contributed by atoms with Gasteiger partial charge in [-0.15, -0.1) is 0 Å². The molecule has 0 spiro atoms. The van der Waals surface area contributed by atoms with Crippen LogP contribution in [0.3, 0.4) is 0 Å². The topological polar surface area (TPSA) is 17.8 Å². The third-order valence-corrected chi connectivity index (χ3v) is 3.80. The fraction of sp³-hybridized carbons (Fsp3) is 0.750. The molecule has 0 radical (unpaired) electrons. The van der Waals surface area contributed by atoms with Crippen molar-refractivity contribution in [2.75, 3.05) is 0 Å². The van der Waals surface area contributed by atoms with Gasteiger partial charge in [0.25, 0.3) is 0 Å². The Labute approximate surface area is 85.3 Å². The van der Waals surface area contributed by atoms with Crippen molar-refractivity contribution in [2.45, 2.75) is 52.0 Å². The highest BCUT2D eigenvalue weighted by Crippen LogP contribution is 2.58. The number of hydrogen-bond donors (Lipinski definition) is 0. The van der Waals surface area contributed by atoms with E-state index in [1.54, 1.807) is 0 Å². The van der Waals surface area contributed by atoms with Crippen LogP contribution >= 0.6 is 0 Å². The van der Waals surface area contributed by atoms with Gasteiger partial charge in [0.2, 0.25) is 0 Å². The van der Waals surface area contributed by atoms with E-state index in [9.17, 15) is 0 Å². The van der Waals surface area contributed by atoms with Crippen molar-refractivity contribution in [2.24, 2.45) is 5.41 Å². The fourth-order valence-corrected chi connectivity index (χ4v) is 2.57. The number of aromatic nitrogens is 2. The van der Waals surface area contributed by atoms with Gasteiger partial charge in [-0.05, 0) is 24.7 Å². The Morgan fingerprint density at radius 2 is 2.21 bits per heavy atom. The molecule has 14 heavy (non-hydrogen) atoms. The lowest BCUT2D eigenvalue weighted by molar-refractivity contribution is 0.522. The molecule has 2 nitrogen and oxygen atoms in total. The number of aryl methyl sites for hydroxylation is 2. The lowest BCUT2D eigenvalue weighted by atomic mass is 10.1. The van der Waals surface area contributed by atoms with E-state index in [1.165, 1.54) is 43.7 Å². The van der Waals surface area contributed by atoms with Gasteiger partial charge in [0.1, 0.15) is 5.82 Å². The summed E-state index contributed by atoms with van der Waals surface area (Å²) in [5, 5.41) is 0. The van der Waals surface area contributed by atoms with Crippen molar-refractivity contribution in [1.29, 1.82) is 0 Å². The zero-order valence-corrected chi connectivity index (χ0v) is 9.08. The summed E-state index contributed by atoms with van der Waals surface area (Å²) in [5.74, 6) is 2.06. The molecule has 1 fully saturated rings. The molecule has 76 valence electrons. The lowest BCUT2D eigenvalue weighted by Gasteiger charge is -2.11. The minimum absolute atomic E-state index is 0.518. The molecule has 1 atom stereocenters. The van der Waals surface area contributed by atoms with Gasteiger partial charge in [-0.3, -0.25) is 0 Å². The molecule has 2 aliphatic rings. The molecular weight excluding hydrogens is 172 g/mol. The molecule has 1 aliphatic carbocycles. The lowest BCUT2D eigenvalue weighted by Crippen LogP contribution is -2.08. The van der Waals surface area contributed by atoms with Crippen molar-refractivity contribution in [3.63, 3.8) is 0 Å². The first-order valence-electron chi connectivity index (χ1n) is 5.73. The highest BCUT2D eigenvalue weighted by atomic mass is 15.1. The molecule has 1 aliphatic heterocycles. The molecule has 0 bridgehead atoms. The van der Waals surface area contributed by atoms with Gasteiger partial charge in [0.15, 0.2) is 0 Å². The predicted octanol–water partition coefficient (Wildman–Crippen LogP) is 2.73. The van der Waals surface area contributed by atoms with Gasteiger partial charge >= 0.3 is 0 Å². The molecule has 2 heterocycles. The zero-order chi connectivity index (χ0) is 9.76. The smallest absolute Gasteiger partial charge is 0.108 e. The first-order chi connectivity index (χ1) is 6.67. The van der Waals surface area contributed by atoms with Gasteiger partial charge in [-0.2, -0.15) is 0 Å². The van der Waals surface area contributed by atoms with Crippen LogP contribution in [-0.2, 0) is 13.0 Å². The third-order valence-electron chi connectivity index (χ3n) is 3.80. The summed E-state index contributed by atoms with van der Waals surface area (Å²) < 4.78 is 2.37. The Balaban J connectivity index is 1.90. The van der Waals surface area contributed by atoms with E-state index in [-0.39, 0.29) is 0 Å². The third kappa shape index (κ3) is 1.20. The molecule has 1 aromatic rings. The number of imidazole rings is 1. The molecule has 0 saturated heterocycles. The molecule has 0 amide bonds. The summed E-state index contributed by atoms with van der Waals surface area (Å²) in [7, 11) is 0. The largest absolute Gasteiger partial charge is 0.335 e. The number of rotatable bonds is 1. The summed E-state index contributed by atoms with van der Waals surface area (Å²) in [6.07, 6.45) is 7.46. The van der Waals surface area contributed by atoms with Crippen LogP contribution in [0.1, 0.15) is 50.5 Å². The van der Waals surface area contributed by atoms with Crippen molar-refractivity contribution >= 4 is 0 Å². The van der Waals surface area contributed by atoms with Crippen molar-refractivity contribution in [1.82, 2.24) is 9.55 Å². The molecule has 3 rings (SSSR count). The Morgan fingerprint density at radius 1 is 1.43 bits per heavy atom. The van der Waals surface area contributed by atoms with Crippen LogP contribution in [0.25, 0.3) is 0 Å². The fourth-order valence-electron chi connectivity index (χ4n) is 2.57. The highest BCUT2D eigenvalue weighted by Gasteiger charge is 2.48. The Bertz CT molecular complexity index is 339. The summed E-state index contributed by atoms with van der Waals surface area (Å²) in [6, 6.07) is 0. The zero-order valence-electron chi connectivity index (χ0n) is 9.08. The predicted molar refractivity (Wildman–Crippen MR) is 56.3 cm³/mol. The molecule has 0 N–H and O–H groups in total. The van der Waals surface area contributed by atoms with E-state index >= 15 is 0 Å². The van der Waals surface area contributed by atoms with Gasteiger partial charge in [-0.25, -0.2) is 4.98 Å². The average Bonchev–Trinajstić information content (AvgIpc) is 2.62. The standard InChI is InChI=1S/C12H18N2/c1-12(2)7-9(12)10-8-14-6-4-3-5-11(14)13-10/h8-9H,3-7H2,1-2H3. The quantitative estimate of drug-likeness (QED) is 0.665. The van der Waals surface area contributed by atoms with Crippen LogP contribution in [0.4, 0.5) is 0 Å². The van der Waals surface area contributed by atoms with Gasteiger partial charge in [-0.1, -0.05) is 13.8 Å². The van der Waals surface area contributed by atoms with E-state index < -0.39 is 0 Å². The van der Waals surface area contributed by atoms with Crippen molar-refractivity contribution < 1.29 is 0 Å². The minimum Gasteiger partial charge on any atom is -0.335 e. The van der Waals surface area contributed by atoms with Gasteiger partial charge < -0.3 is 4.57 Å². The highest BCUT2D eigenvalue weighted by molar-refractivity contribution is 5.22. The van der Waals surface area contributed by atoms with E-state index in [1.807, 2.05) is 0 Å². The van der Waals surface area contributed by atoms with Crippen LogP contribution in [0.15, 0.2) is 6.20 Å². The SMILES string of the molecule is CC1(C)CC1c1cn2c(n1)CCCC2. The average molecular weight is 190 g/mol. The van der Waals surface area contributed by atoms with E-state index in [4.69, 9.17) is 4.98 Å². The molecule has 2 heteroatoms. The Hall–Kier alpha value is -0.790. The Kier molecular flexibility index (Phi) is 1.59. The van der Waals surface area contributed by atoms with Crippen molar-refractivity contribution in [3.05, 3.63) is 17.7 Å². The maximum atomic E-state index is 4.77. The molecular formula is C12H18N2. The normalized spacial score (nSPS) is 28.6.